The number of nitrogens with zero attached hydrogens (tertiary/aromatic N) is 2. The zero-order valence-corrected chi connectivity index (χ0v) is 23.1. The Balaban J connectivity index is 1.39. The van der Waals surface area contributed by atoms with Crippen molar-refractivity contribution in [3.8, 4) is 0 Å². The van der Waals surface area contributed by atoms with E-state index in [4.69, 9.17) is 25.8 Å². The van der Waals surface area contributed by atoms with Gasteiger partial charge in [-0.2, -0.15) is 4.98 Å². The summed E-state index contributed by atoms with van der Waals surface area (Å²) in [6, 6.07) is 26.6. The largest absolute Gasteiger partial charge is 0.459 e. The van der Waals surface area contributed by atoms with E-state index in [2.05, 4.69) is 10.3 Å². The molecule has 1 aromatic heterocycles. The molecule has 1 amide bonds. The number of benzene rings is 3. The number of alkyl halides is 1. The molecular weight excluding hydrogens is 562 g/mol. The molecule has 214 valence electrons. The molecule has 0 aliphatic carbocycles. The van der Waals surface area contributed by atoms with Crippen LogP contribution in [0, 0.1) is 0 Å². The summed E-state index contributed by atoms with van der Waals surface area (Å²) in [6.45, 7) is 1.24. The summed E-state index contributed by atoms with van der Waals surface area (Å²) in [5.74, 6) is -1.68. The Morgan fingerprint density at radius 1 is 0.881 bits per heavy atom. The summed E-state index contributed by atoms with van der Waals surface area (Å²) in [5, 5.41) is 2.58. The first-order valence-electron chi connectivity index (χ1n) is 13.0. The highest BCUT2D eigenvalue weighted by atomic mass is 35.5. The van der Waals surface area contributed by atoms with Crippen molar-refractivity contribution in [3.63, 3.8) is 0 Å². The van der Waals surface area contributed by atoms with Gasteiger partial charge in [-0.15, -0.1) is 11.6 Å². The van der Waals surface area contributed by atoms with E-state index < -0.39 is 46.8 Å². The van der Waals surface area contributed by atoms with Crippen molar-refractivity contribution >= 4 is 35.3 Å². The van der Waals surface area contributed by atoms with E-state index in [9.17, 15) is 19.2 Å². The van der Waals surface area contributed by atoms with Gasteiger partial charge < -0.3 is 19.5 Å². The van der Waals surface area contributed by atoms with Gasteiger partial charge in [-0.25, -0.2) is 14.4 Å². The molecule has 4 atom stereocenters. The van der Waals surface area contributed by atoms with Gasteiger partial charge in [0.1, 0.15) is 23.4 Å². The van der Waals surface area contributed by atoms with E-state index in [1.807, 2.05) is 0 Å². The van der Waals surface area contributed by atoms with Gasteiger partial charge in [0, 0.05) is 11.8 Å². The van der Waals surface area contributed by atoms with Gasteiger partial charge >= 0.3 is 17.6 Å². The van der Waals surface area contributed by atoms with E-state index in [-0.39, 0.29) is 18.0 Å². The monoisotopic (exact) mass is 587 g/mol. The molecule has 1 N–H and O–H groups in total. The summed E-state index contributed by atoms with van der Waals surface area (Å²) < 4.78 is 18.5. The second-order valence-electron chi connectivity index (χ2n) is 9.66. The van der Waals surface area contributed by atoms with Crippen molar-refractivity contribution in [2.24, 2.45) is 0 Å². The number of hydrogen-bond donors (Lipinski definition) is 1. The van der Waals surface area contributed by atoms with Crippen molar-refractivity contribution < 1.29 is 28.6 Å². The van der Waals surface area contributed by atoms with Gasteiger partial charge in [-0.3, -0.25) is 9.36 Å². The average molecular weight is 588 g/mol. The van der Waals surface area contributed by atoms with Crippen LogP contribution in [0.1, 0.15) is 44.2 Å². The number of amides is 1. The minimum absolute atomic E-state index is 0.0276. The number of hydrogen-bond acceptors (Lipinski definition) is 8. The molecule has 10 nitrogen and oxygen atoms in total. The lowest BCUT2D eigenvalue weighted by atomic mass is 10.0. The molecule has 42 heavy (non-hydrogen) atoms. The Hall–Kier alpha value is -4.80. The third-order valence-corrected chi connectivity index (χ3v) is 7.07. The summed E-state index contributed by atoms with van der Waals surface area (Å²) in [5.41, 5.74) is 0.234. The number of aromatic nitrogens is 2. The number of nitrogens with one attached hydrogen (secondary N) is 1. The fraction of sp³-hybridized carbons (Fsp3) is 0.194. The molecule has 0 spiro atoms. The second-order valence-corrected chi connectivity index (χ2v) is 10.5. The quantitative estimate of drug-likeness (QED) is 0.236. The first-order valence-corrected chi connectivity index (χ1v) is 13.4. The Morgan fingerprint density at radius 3 is 2.00 bits per heavy atom. The summed E-state index contributed by atoms with van der Waals surface area (Å²) in [7, 11) is 0. The first kappa shape index (κ1) is 28.7. The average Bonchev–Trinajstić information content (AvgIpc) is 3.25. The number of rotatable bonds is 8. The smallest absolute Gasteiger partial charge is 0.351 e. The summed E-state index contributed by atoms with van der Waals surface area (Å²) in [4.78, 5) is 53.7. The van der Waals surface area contributed by atoms with Crippen LogP contribution in [-0.4, -0.2) is 51.1 Å². The molecule has 0 radical (unpaired) electrons. The van der Waals surface area contributed by atoms with Crippen LogP contribution in [0.15, 0.2) is 108 Å². The maximum atomic E-state index is 13.1. The van der Waals surface area contributed by atoms with E-state index in [1.165, 1.54) is 12.3 Å². The van der Waals surface area contributed by atoms with Crippen LogP contribution in [0.4, 0.5) is 5.82 Å². The second kappa shape index (κ2) is 12.4. The summed E-state index contributed by atoms with van der Waals surface area (Å²) in [6.07, 6.45) is -1.96. The van der Waals surface area contributed by atoms with E-state index in [0.717, 1.165) is 4.57 Å². The van der Waals surface area contributed by atoms with Crippen LogP contribution in [0.5, 0.6) is 0 Å². The molecule has 3 unspecified atom stereocenters. The highest BCUT2D eigenvalue weighted by Gasteiger charge is 2.56. The molecule has 1 aliphatic heterocycles. The van der Waals surface area contributed by atoms with Crippen molar-refractivity contribution in [3.05, 3.63) is 130 Å². The number of esters is 2. The van der Waals surface area contributed by atoms with Crippen LogP contribution in [0.25, 0.3) is 0 Å². The molecule has 2 heterocycles. The third-order valence-electron chi connectivity index (χ3n) is 6.67. The van der Waals surface area contributed by atoms with Crippen LogP contribution < -0.4 is 11.0 Å². The number of carbonyl (C=O) groups excluding carboxylic acids is 3. The highest BCUT2D eigenvalue weighted by Crippen LogP contribution is 2.44. The van der Waals surface area contributed by atoms with E-state index in [0.29, 0.717) is 11.1 Å². The Labute approximate surface area is 245 Å². The molecule has 4 aromatic rings. The number of ether oxygens (including phenoxy) is 3. The molecule has 0 bridgehead atoms. The van der Waals surface area contributed by atoms with Gasteiger partial charge in [0.25, 0.3) is 5.91 Å². The van der Waals surface area contributed by atoms with Crippen molar-refractivity contribution in [2.75, 3.05) is 11.9 Å². The van der Waals surface area contributed by atoms with Crippen molar-refractivity contribution in [2.45, 2.75) is 30.2 Å². The van der Waals surface area contributed by atoms with Gasteiger partial charge in [0.2, 0.25) is 0 Å². The predicted octanol–water partition coefficient (Wildman–Crippen LogP) is 4.47. The SMILES string of the molecule is CC1(Cl)C(n2ccc(NC(=O)c3ccccc3)nc2=O)OC(COC(=O)c2ccccc2)[C@@H]1OC(=O)c1ccccc1. The Kier molecular flexibility index (Phi) is 8.46. The molecular formula is C31H26ClN3O7. The van der Waals surface area contributed by atoms with Gasteiger partial charge in [-0.1, -0.05) is 54.6 Å². The third kappa shape index (κ3) is 6.24. The highest BCUT2D eigenvalue weighted by molar-refractivity contribution is 6.24. The van der Waals surface area contributed by atoms with Gasteiger partial charge in [-0.05, 0) is 49.4 Å². The molecule has 1 fully saturated rings. The molecule has 1 aliphatic rings. The maximum absolute atomic E-state index is 13.1. The molecule has 1 saturated heterocycles. The van der Waals surface area contributed by atoms with Gasteiger partial charge in [0.05, 0.1) is 11.1 Å². The molecule has 0 saturated carbocycles. The van der Waals surface area contributed by atoms with Crippen LogP contribution in [0.2, 0.25) is 0 Å². The lowest BCUT2D eigenvalue weighted by Gasteiger charge is -2.29. The van der Waals surface area contributed by atoms with Crippen LogP contribution in [0.3, 0.4) is 0 Å². The predicted molar refractivity (Wildman–Crippen MR) is 153 cm³/mol. The maximum Gasteiger partial charge on any atom is 0.351 e. The van der Waals surface area contributed by atoms with Crippen LogP contribution >= 0.6 is 11.6 Å². The molecule has 3 aromatic carbocycles. The van der Waals surface area contributed by atoms with Gasteiger partial charge in [0.15, 0.2) is 12.3 Å². The zero-order valence-electron chi connectivity index (χ0n) is 22.4. The molecule has 5 rings (SSSR count). The normalized spacial score (nSPS) is 21.3. The first-order chi connectivity index (χ1) is 20.2. The fourth-order valence-electron chi connectivity index (χ4n) is 4.54. The van der Waals surface area contributed by atoms with E-state index in [1.54, 1.807) is 97.9 Å². The number of halogens is 1. The fourth-order valence-corrected chi connectivity index (χ4v) is 4.88. The zero-order chi connectivity index (χ0) is 29.7. The van der Waals surface area contributed by atoms with E-state index >= 15 is 0 Å². The lowest BCUT2D eigenvalue weighted by Crippen LogP contribution is -2.45. The Bertz CT molecular complexity index is 1630. The molecule has 11 heteroatoms. The van der Waals surface area contributed by atoms with Crippen molar-refractivity contribution in [1.82, 2.24) is 9.55 Å². The minimum atomic E-state index is -1.49. The number of anilines is 1. The minimum Gasteiger partial charge on any atom is -0.459 e. The van der Waals surface area contributed by atoms with Crippen LogP contribution in [-0.2, 0) is 14.2 Å². The van der Waals surface area contributed by atoms with Crippen molar-refractivity contribution in [1.29, 1.82) is 0 Å². The topological polar surface area (TPSA) is 126 Å². The Morgan fingerprint density at radius 2 is 1.43 bits per heavy atom. The number of carbonyl (C=O) groups is 3. The summed E-state index contributed by atoms with van der Waals surface area (Å²) >= 11 is 6.97. The lowest BCUT2D eigenvalue weighted by molar-refractivity contribution is -0.0585. The standard InChI is InChI=1S/C31H26ClN3O7/c1-31(32)25(42-28(38)22-15-9-4-10-16-22)23(19-40-27(37)21-13-7-3-8-14-21)41-29(31)35-18-17-24(34-30(35)39)33-26(36)20-11-5-2-6-12-20/h2-18,23,25,29H,19H2,1H3,(H,33,34,36,39)/t23?,25-,29?,31?/m0/s1.